The molecule has 0 amide bonds. The molecule has 1 N–H and O–H groups in total. The van der Waals surface area contributed by atoms with Gasteiger partial charge < -0.3 is 10.1 Å². The summed E-state index contributed by atoms with van der Waals surface area (Å²) < 4.78 is 6.88. The Balaban J connectivity index is 2.16. The fourth-order valence-electron chi connectivity index (χ4n) is 4.18. The third kappa shape index (κ3) is 4.86. The fourth-order valence-corrected chi connectivity index (χ4v) is 4.18. The Kier molecular flexibility index (Phi) is 7.70. The number of hydrogen-bond donors (Lipinski definition) is 1. The second-order valence-electron chi connectivity index (χ2n) is 8.32. The molecule has 1 aromatic heterocycles. The van der Waals surface area contributed by atoms with Gasteiger partial charge in [0.1, 0.15) is 5.56 Å². The third-order valence-corrected chi connectivity index (χ3v) is 5.57. The molecule has 32 heavy (non-hydrogen) atoms. The predicted octanol–water partition coefficient (Wildman–Crippen LogP) is 4.70. The maximum absolute atomic E-state index is 13.6. The SMILES string of the molecule is CCOC(=O)c1c(NCCN(C(C)C)C(C)C)c2ccccc2n(-c2ccccc2)c1=O. The number of anilines is 1. The van der Waals surface area contributed by atoms with E-state index in [0.717, 1.165) is 17.4 Å². The topological polar surface area (TPSA) is 63.6 Å². The van der Waals surface area contributed by atoms with Gasteiger partial charge in [-0.3, -0.25) is 14.3 Å². The Morgan fingerprint density at radius 3 is 2.25 bits per heavy atom. The van der Waals surface area contributed by atoms with E-state index in [4.69, 9.17) is 4.74 Å². The van der Waals surface area contributed by atoms with Crippen molar-refractivity contribution in [2.24, 2.45) is 0 Å². The molecule has 3 rings (SSSR count). The normalized spacial score (nSPS) is 11.5. The number of rotatable bonds is 9. The second-order valence-corrected chi connectivity index (χ2v) is 8.32. The fraction of sp³-hybridized carbons (Fsp3) is 0.385. The van der Waals surface area contributed by atoms with Gasteiger partial charge >= 0.3 is 5.97 Å². The molecule has 0 aliphatic rings. The van der Waals surface area contributed by atoms with Crippen molar-refractivity contribution in [3.05, 3.63) is 70.5 Å². The predicted molar refractivity (Wildman–Crippen MR) is 131 cm³/mol. The van der Waals surface area contributed by atoms with Crippen molar-refractivity contribution in [1.82, 2.24) is 9.47 Å². The van der Waals surface area contributed by atoms with E-state index >= 15 is 0 Å². The molecule has 0 aliphatic carbocycles. The molecule has 6 nitrogen and oxygen atoms in total. The van der Waals surface area contributed by atoms with Crippen LogP contribution < -0.4 is 10.9 Å². The number of carbonyl (C=O) groups is 1. The number of pyridine rings is 1. The zero-order valence-corrected chi connectivity index (χ0v) is 19.6. The first-order valence-corrected chi connectivity index (χ1v) is 11.3. The lowest BCUT2D eigenvalue weighted by Gasteiger charge is -2.30. The first-order chi connectivity index (χ1) is 15.4. The number of hydrogen-bond acceptors (Lipinski definition) is 5. The van der Waals surface area contributed by atoms with Crippen LogP contribution in [0.1, 0.15) is 45.0 Å². The summed E-state index contributed by atoms with van der Waals surface area (Å²) in [6.45, 7) is 12.0. The molecule has 3 aromatic rings. The minimum atomic E-state index is -0.611. The van der Waals surface area contributed by atoms with Crippen LogP contribution in [-0.4, -0.2) is 47.2 Å². The van der Waals surface area contributed by atoms with Gasteiger partial charge in [-0.1, -0.05) is 36.4 Å². The molecule has 0 aliphatic heterocycles. The number of fused-ring (bicyclic) bond motifs is 1. The molecule has 1 heterocycles. The van der Waals surface area contributed by atoms with Crippen molar-refractivity contribution in [1.29, 1.82) is 0 Å². The van der Waals surface area contributed by atoms with Gasteiger partial charge in [-0.25, -0.2) is 4.79 Å². The van der Waals surface area contributed by atoms with E-state index in [9.17, 15) is 9.59 Å². The van der Waals surface area contributed by atoms with Crippen molar-refractivity contribution in [3.63, 3.8) is 0 Å². The Bertz CT molecular complexity index is 1110. The molecule has 0 fully saturated rings. The van der Waals surface area contributed by atoms with Crippen molar-refractivity contribution >= 4 is 22.6 Å². The molecule has 0 spiro atoms. The Labute approximate surface area is 189 Å². The second kappa shape index (κ2) is 10.5. The highest BCUT2D eigenvalue weighted by atomic mass is 16.5. The van der Waals surface area contributed by atoms with Crippen LogP contribution in [0.3, 0.4) is 0 Å². The molecule has 2 aromatic carbocycles. The van der Waals surface area contributed by atoms with Crippen molar-refractivity contribution < 1.29 is 9.53 Å². The van der Waals surface area contributed by atoms with Crippen LogP contribution in [0.2, 0.25) is 0 Å². The van der Waals surface area contributed by atoms with E-state index < -0.39 is 5.97 Å². The number of aromatic nitrogens is 1. The minimum Gasteiger partial charge on any atom is -0.462 e. The molecule has 6 heteroatoms. The van der Waals surface area contributed by atoms with Crippen molar-refractivity contribution in [2.45, 2.75) is 46.7 Å². The molecule has 0 saturated carbocycles. The van der Waals surface area contributed by atoms with E-state index in [1.165, 1.54) is 0 Å². The Hall–Kier alpha value is -3.12. The molecule has 170 valence electrons. The monoisotopic (exact) mass is 435 g/mol. The average Bonchev–Trinajstić information content (AvgIpc) is 2.76. The van der Waals surface area contributed by atoms with Gasteiger partial charge in [-0.2, -0.15) is 0 Å². The van der Waals surface area contributed by atoms with Gasteiger partial charge in [-0.15, -0.1) is 0 Å². The number of ether oxygens (including phenoxy) is 1. The molecule has 0 bridgehead atoms. The number of carbonyl (C=O) groups excluding carboxylic acids is 1. The van der Waals surface area contributed by atoms with Crippen LogP contribution in [0, 0.1) is 0 Å². The number of nitrogens with zero attached hydrogens (tertiary/aromatic N) is 2. The molecule has 0 radical (unpaired) electrons. The Morgan fingerprint density at radius 1 is 1.00 bits per heavy atom. The summed E-state index contributed by atoms with van der Waals surface area (Å²) >= 11 is 0. The summed E-state index contributed by atoms with van der Waals surface area (Å²) in [5, 5.41) is 4.20. The summed E-state index contributed by atoms with van der Waals surface area (Å²) in [6.07, 6.45) is 0. The zero-order valence-electron chi connectivity index (χ0n) is 19.6. The van der Waals surface area contributed by atoms with Gasteiger partial charge in [0, 0.05) is 36.2 Å². The average molecular weight is 436 g/mol. The molecular weight excluding hydrogens is 402 g/mol. The minimum absolute atomic E-state index is 0.0371. The van der Waals surface area contributed by atoms with E-state index in [0.29, 0.717) is 30.0 Å². The maximum Gasteiger partial charge on any atom is 0.345 e. The van der Waals surface area contributed by atoms with E-state index in [1.807, 2.05) is 54.6 Å². The third-order valence-electron chi connectivity index (χ3n) is 5.57. The summed E-state index contributed by atoms with van der Waals surface area (Å²) in [7, 11) is 0. The lowest BCUT2D eigenvalue weighted by atomic mass is 10.1. The lowest BCUT2D eigenvalue weighted by molar-refractivity contribution is 0.0525. The maximum atomic E-state index is 13.6. The molecule has 0 atom stereocenters. The van der Waals surface area contributed by atoms with Crippen LogP contribution in [0.5, 0.6) is 0 Å². The molecule has 0 saturated heterocycles. The van der Waals surface area contributed by atoms with Gasteiger partial charge in [0.25, 0.3) is 5.56 Å². The van der Waals surface area contributed by atoms with Gasteiger partial charge in [0.05, 0.1) is 17.8 Å². The van der Waals surface area contributed by atoms with Gasteiger partial charge in [0.2, 0.25) is 0 Å². The molecular formula is C26H33N3O3. The quantitative estimate of drug-likeness (QED) is 0.494. The summed E-state index contributed by atoms with van der Waals surface area (Å²) in [6, 6.07) is 17.8. The first-order valence-electron chi connectivity index (χ1n) is 11.3. The van der Waals surface area contributed by atoms with Crippen LogP contribution in [0.15, 0.2) is 59.4 Å². The van der Waals surface area contributed by atoms with Crippen LogP contribution in [-0.2, 0) is 4.74 Å². The van der Waals surface area contributed by atoms with E-state index in [-0.39, 0.29) is 17.7 Å². The van der Waals surface area contributed by atoms with Crippen LogP contribution in [0.25, 0.3) is 16.6 Å². The zero-order chi connectivity index (χ0) is 23.3. The standard InChI is InChI=1S/C26H33N3O3/c1-6-32-26(31)23-24(27-16-17-28(18(2)3)19(4)5)21-14-10-11-15-22(21)29(25(23)30)20-12-8-7-9-13-20/h7-15,18-19,27H,6,16-17H2,1-5H3. The lowest BCUT2D eigenvalue weighted by Crippen LogP contribution is -2.40. The van der Waals surface area contributed by atoms with Gasteiger partial charge in [0.15, 0.2) is 0 Å². The highest BCUT2D eigenvalue weighted by Gasteiger charge is 2.24. The number of nitrogens with one attached hydrogen (secondary N) is 1. The number of para-hydroxylation sites is 2. The first kappa shape index (κ1) is 23.5. The smallest absolute Gasteiger partial charge is 0.345 e. The van der Waals surface area contributed by atoms with Gasteiger partial charge in [-0.05, 0) is 52.8 Å². The highest BCUT2D eigenvalue weighted by Crippen LogP contribution is 2.27. The summed E-state index contributed by atoms with van der Waals surface area (Å²) in [5.74, 6) is -0.611. The van der Waals surface area contributed by atoms with E-state index in [1.54, 1.807) is 11.5 Å². The van der Waals surface area contributed by atoms with Crippen molar-refractivity contribution in [2.75, 3.05) is 25.0 Å². The van der Waals surface area contributed by atoms with Crippen LogP contribution >= 0.6 is 0 Å². The number of benzene rings is 2. The largest absolute Gasteiger partial charge is 0.462 e. The van der Waals surface area contributed by atoms with E-state index in [2.05, 4.69) is 37.9 Å². The van der Waals surface area contributed by atoms with Crippen LogP contribution in [0.4, 0.5) is 5.69 Å². The Morgan fingerprint density at radius 2 is 1.62 bits per heavy atom. The summed E-state index contributed by atoms with van der Waals surface area (Å²) in [5.41, 5.74) is 1.62. The number of esters is 1. The summed E-state index contributed by atoms with van der Waals surface area (Å²) in [4.78, 5) is 29.0. The van der Waals surface area contributed by atoms with Crippen molar-refractivity contribution in [3.8, 4) is 5.69 Å². The molecule has 0 unspecified atom stereocenters. The highest BCUT2D eigenvalue weighted by molar-refractivity contribution is 6.05.